The van der Waals surface area contributed by atoms with Crippen molar-refractivity contribution in [3.8, 4) is 0 Å². The maximum Gasteiger partial charge on any atom is 0.227 e. The second kappa shape index (κ2) is 10.4. The standard InChI is InChI=1S/C17H24ClN3O2.2ClH/c18-14-5-2-6-15(16(14)21-7-9-23-10-8-21)20-17(22)12-3-1-4-13(19)11-12;;/h2,5-6,12-13H,1,3-4,7-11,19H2,(H,20,22);2*1H. The number of nitrogens with two attached hydrogens (primary N) is 1. The third-order valence-corrected chi connectivity index (χ3v) is 4.96. The molecule has 1 aromatic carbocycles. The maximum absolute atomic E-state index is 12.6. The van der Waals surface area contributed by atoms with Gasteiger partial charge in [-0.05, 0) is 31.4 Å². The van der Waals surface area contributed by atoms with Crippen LogP contribution in [0, 0.1) is 5.92 Å². The van der Waals surface area contributed by atoms with Crippen molar-refractivity contribution in [2.24, 2.45) is 11.7 Å². The highest BCUT2D eigenvalue weighted by Gasteiger charge is 2.27. The van der Waals surface area contributed by atoms with E-state index in [9.17, 15) is 4.79 Å². The minimum atomic E-state index is -0.00438. The van der Waals surface area contributed by atoms with E-state index < -0.39 is 0 Å². The molecule has 2 fully saturated rings. The molecule has 0 spiro atoms. The normalized spacial score (nSPS) is 23.2. The van der Waals surface area contributed by atoms with E-state index in [0.717, 1.165) is 50.1 Å². The van der Waals surface area contributed by atoms with Crippen molar-refractivity contribution >= 4 is 53.7 Å². The number of nitrogens with one attached hydrogen (secondary N) is 1. The molecule has 3 N–H and O–H groups in total. The summed E-state index contributed by atoms with van der Waals surface area (Å²) in [4.78, 5) is 14.8. The van der Waals surface area contributed by atoms with Gasteiger partial charge in [-0.25, -0.2) is 0 Å². The van der Waals surface area contributed by atoms with E-state index in [1.807, 2.05) is 18.2 Å². The lowest BCUT2D eigenvalue weighted by Gasteiger charge is -2.32. The minimum absolute atomic E-state index is 0. The molecule has 0 bridgehead atoms. The average molecular weight is 411 g/mol. The monoisotopic (exact) mass is 409 g/mol. The van der Waals surface area contributed by atoms with Gasteiger partial charge in [-0.3, -0.25) is 4.79 Å². The van der Waals surface area contributed by atoms with Crippen molar-refractivity contribution in [1.29, 1.82) is 0 Å². The Hall–Kier alpha value is -0.720. The number of hydrogen-bond acceptors (Lipinski definition) is 4. The smallest absolute Gasteiger partial charge is 0.227 e. The first kappa shape index (κ1) is 22.3. The number of hydrogen-bond donors (Lipinski definition) is 2. The summed E-state index contributed by atoms with van der Waals surface area (Å²) in [5.74, 6) is 0.0483. The minimum Gasteiger partial charge on any atom is -0.378 e. The second-order valence-electron chi connectivity index (χ2n) is 6.35. The fourth-order valence-electron chi connectivity index (χ4n) is 3.43. The molecule has 1 aliphatic carbocycles. The molecule has 1 aromatic rings. The third-order valence-electron chi connectivity index (χ3n) is 4.66. The van der Waals surface area contributed by atoms with Gasteiger partial charge in [0.05, 0.1) is 29.6 Å². The molecule has 1 saturated heterocycles. The van der Waals surface area contributed by atoms with Gasteiger partial charge in [0, 0.05) is 25.0 Å². The van der Waals surface area contributed by atoms with Crippen LogP contribution >= 0.6 is 36.4 Å². The predicted octanol–water partition coefficient (Wildman–Crippen LogP) is 3.48. The molecule has 1 aliphatic heterocycles. The van der Waals surface area contributed by atoms with Gasteiger partial charge >= 0.3 is 0 Å². The highest BCUT2D eigenvalue weighted by Crippen LogP contribution is 2.35. The molecule has 142 valence electrons. The number of anilines is 2. The van der Waals surface area contributed by atoms with Gasteiger partial charge in [0.1, 0.15) is 0 Å². The lowest BCUT2D eigenvalue weighted by Crippen LogP contribution is -2.38. The van der Waals surface area contributed by atoms with Crippen molar-refractivity contribution in [3.63, 3.8) is 0 Å². The Labute approximate surface area is 166 Å². The third kappa shape index (κ3) is 5.63. The zero-order valence-corrected chi connectivity index (χ0v) is 16.5. The number of amides is 1. The lowest BCUT2D eigenvalue weighted by molar-refractivity contribution is -0.120. The molecule has 0 radical (unpaired) electrons. The first-order valence-corrected chi connectivity index (χ1v) is 8.70. The van der Waals surface area contributed by atoms with Gasteiger partial charge < -0.3 is 20.7 Å². The van der Waals surface area contributed by atoms with Crippen LogP contribution in [0.1, 0.15) is 25.7 Å². The van der Waals surface area contributed by atoms with E-state index in [2.05, 4.69) is 10.2 Å². The number of benzene rings is 1. The quantitative estimate of drug-likeness (QED) is 0.800. The second-order valence-corrected chi connectivity index (χ2v) is 6.76. The van der Waals surface area contributed by atoms with Crippen molar-refractivity contribution < 1.29 is 9.53 Å². The predicted molar refractivity (Wildman–Crippen MR) is 108 cm³/mol. The van der Waals surface area contributed by atoms with Crippen LogP contribution in [0.4, 0.5) is 11.4 Å². The molecule has 1 saturated carbocycles. The Balaban J connectivity index is 0.00000156. The van der Waals surface area contributed by atoms with Crippen LogP contribution in [0.2, 0.25) is 5.02 Å². The van der Waals surface area contributed by atoms with E-state index in [1.165, 1.54) is 0 Å². The van der Waals surface area contributed by atoms with Gasteiger partial charge in [0.15, 0.2) is 0 Å². The molecule has 1 heterocycles. The Morgan fingerprint density at radius 1 is 1.24 bits per heavy atom. The average Bonchev–Trinajstić information content (AvgIpc) is 2.56. The van der Waals surface area contributed by atoms with Crippen LogP contribution in [0.15, 0.2) is 18.2 Å². The van der Waals surface area contributed by atoms with Gasteiger partial charge in [-0.1, -0.05) is 24.1 Å². The highest BCUT2D eigenvalue weighted by molar-refractivity contribution is 6.34. The number of halogens is 3. The number of carbonyl (C=O) groups excluding carboxylic acids is 1. The van der Waals surface area contributed by atoms with Crippen molar-refractivity contribution in [2.45, 2.75) is 31.7 Å². The molecule has 25 heavy (non-hydrogen) atoms. The summed E-state index contributed by atoms with van der Waals surface area (Å²) in [5.41, 5.74) is 7.68. The fraction of sp³-hybridized carbons (Fsp3) is 0.588. The number of rotatable bonds is 3. The molecule has 8 heteroatoms. The number of para-hydroxylation sites is 1. The number of carbonyl (C=O) groups is 1. The maximum atomic E-state index is 12.6. The number of morpholine rings is 1. The summed E-state index contributed by atoms with van der Waals surface area (Å²) < 4.78 is 5.40. The van der Waals surface area contributed by atoms with E-state index >= 15 is 0 Å². The van der Waals surface area contributed by atoms with E-state index in [0.29, 0.717) is 18.2 Å². The number of nitrogens with zero attached hydrogens (tertiary/aromatic N) is 1. The zero-order valence-electron chi connectivity index (χ0n) is 14.1. The summed E-state index contributed by atoms with van der Waals surface area (Å²) in [6, 6.07) is 5.78. The molecule has 0 aromatic heterocycles. The van der Waals surface area contributed by atoms with Crippen molar-refractivity contribution in [2.75, 3.05) is 36.5 Å². The van der Waals surface area contributed by atoms with Gasteiger partial charge in [0.2, 0.25) is 5.91 Å². The molecule has 1 amide bonds. The Morgan fingerprint density at radius 3 is 2.64 bits per heavy atom. The molecular formula is C17H26Cl3N3O2. The fourth-order valence-corrected chi connectivity index (χ4v) is 3.72. The van der Waals surface area contributed by atoms with Crippen LogP contribution in [0.25, 0.3) is 0 Å². The molecular weight excluding hydrogens is 385 g/mol. The van der Waals surface area contributed by atoms with Gasteiger partial charge in [-0.15, -0.1) is 24.8 Å². The molecule has 5 nitrogen and oxygen atoms in total. The summed E-state index contributed by atoms with van der Waals surface area (Å²) in [6.45, 7) is 2.91. The number of ether oxygens (including phenoxy) is 1. The Kier molecular flexibility index (Phi) is 9.32. The zero-order chi connectivity index (χ0) is 16.2. The topological polar surface area (TPSA) is 67.6 Å². The molecule has 2 unspecified atom stereocenters. The molecule has 2 atom stereocenters. The lowest BCUT2D eigenvalue weighted by atomic mass is 9.85. The largest absolute Gasteiger partial charge is 0.378 e. The SMILES string of the molecule is Cl.Cl.NC1CCCC(C(=O)Nc2cccc(Cl)c2N2CCOCC2)C1. The van der Waals surface area contributed by atoms with E-state index in [1.54, 1.807) is 0 Å². The first-order chi connectivity index (χ1) is 11.1. The van der Waals surface area contributed by atoms with E-state index in [-0.39, 0.29) is 42.7 Å². The van der Waals surface area contributed by atoms with E-state index in [4.69, 9.17) is 22.1 Å². The van der Waals surface area contributed by atoms with Crippen LogP contribution in [-0.2, 0) is 9.53 Å². The summed E-state index contributed by atoms with van der Waals surface area (Å²) in [6.07, 6.45) is 3.71. The van der Waals surface area contributed by atoms with Gasteiger partial charge in [-0.2, -0.15) is 0 Å². The van der Waals surface area contributed by atoms with Crippen LogP contribution < -0.4 is 16.0 Å². The van der Waals surface area contributed by atoms with Crippen molar-refractivity contribution in [3.05, 3.63) is 23.2 Å². The summed E-state index contributed by atoms with van der Waals surface area (Å²) in [7, 11) is 0. The summed E-state index contributed by atoms with van der Waals surface area (Å²) >= 11 is 6.40. The van der Waals surface area contributed by atoms with Crippen LogP contribution in [0.5, 0.6) is 0 Å². The molecule has 3 rings (SSSR count). The summed E-state index contributed by atoms with van der Waals surface area (Å²) in [5, 5.41) is 3.73. The van der Waals surface area contributed by atoms with Crippen LogP contribution in [-0.4, -0.2) is 38.3 Å². The highest BCUT2D eigenvalue weighted by atomic mass is 35.5. The Morgan fingerprint density at radius 2 is 1.96 bits per heavy atom. The molecule has 2 aliphatic rings. The van der Waals surface area contributed by atoms with Crippen molar-refractivity contribution in [1.82, 2.24) is 0 Å². The van der Waals surface area contributed by atoms with Crippen LogP contribution in [0.3, 0.4) is 0 Å². The Bertz CT molecular complexity index is 568. The van der Waals surface area contributed by atoms with Gasteiger partial charge in [0.25, 0.3) is 0 Å². The first-order valence-electron chi connectivity index (χ1n) is 8.33.